The monoisotopic (exact) mass is 340 g/mol. The molecule has 0 aliphatic carbocycles. The van der Waals surface area contributed by atoms with E-state index in [4.69, 9.17) is 4.74 Å². The highest BCUT2D eigenvalue weighted by atomic mass is 16.5. The van der Waals surface area contributed by atoms with Crippen molar-refractivity contribution < 1.29 is 14.3 Å². The summed E-state index contributed by atoms with van der Waals surface area (Å²) in [6.07, 6.45) is 3.01. The fourth-order valence-electron chi connectivity index (χ4n) is 2.69. The molecule has 0 radical (unpaired) electrons. The lowest BCUT2D eigenvalue weighted by Gasteiger charge is -2.16. The molecule has 2 N–H and O–H groups in total. The fourth-order valence-corrected chi connectivity index (χ4v) is 2.69. The average Bonchev–Trinajstić information content (AvgIpc) is 3.07. The first kappa shape index (κ1) is 16.8. The number of hydrogen-bond acceptors (Lipinski definition) is 4. The first-order chi connectivity index (χ1) is 12.2. The van der Waals surface area contributed by atoms with Gasteiger partial charge in [-0.25, -0.2) is 9.78 Å². The number of methoxy groups -OCH3 is 1. The van der Waals surface area contributed by atoms with E-state index in [-0.39, 0.29) is 11.9 Å². The van der Waals surface area contributed by atoms with Gasteiger partial charge in [0.25, 0.3) is 0 Å². The third-order valence-corrected chi connectivity index (χ3v) is 3.95. The summed E-state index contributed by atoms with van der Waals surface area (Å²) in [6, 6.07) is 10.7. The highest BCUT2D eigenvalue weighted by Crippen LogP contribution is 2.22. The van der Waals surface area contributed by atoms with Crippen molar-refractivity contribution in [2.75, 3.05) is 23.9 Å². The normalized spacial score (nSPS) is 13.6. The molecule has 3 rings (SSSR count). The van der Waals surface area contributed by atoms with Gasteiger partial charge >= 0.3 is 6.03 Å². The Labute approximate surface area is 146 Å². The molecule has 1 saturated heterocycles. The van der Waals surface area contributed by atoms with E-state index in [1.54, 1.807) is 17.0 Å². The van der Waals surface area contributed by atoms with Gasteiger partial charge in [-0.1, -0.05) is 12.1 Å². The molecule has 7 heteroatoms. The molecule has 0 unspecified atom stereocenters. The van der Waals surface area contributed by atoms with Crippen molar-refractivity contribution in [2.24, 2.45) is 0 Å². The fraction of sp³-hybridized carbons (Fsp3) is 0.278. The van der Waals surface area contributed by atoms with Gasteiger partial charge in [0.05, 0.1) is 19.0 Å². The van der Waals surface area contributed by atoms with Crippen molar-refractivity contribution in [3.63, 3.8) is 0 Å². The summed E-state index contributed by atoms with van der Waals surface area (Å²) >= 11 is 0. The van der Waals surface area contributed by atoms with E-state index in [9.17, 15) is 9.59 Å². The SMILES string of the molecule is COc1ccc(NC(=O)NCc2cccc(N3CCCC3=O)c2)cn1. The summed E-state index contributed by atoms with van der Waals surface area (Å²) in [5.74, 6) is 0.633. The predicted octanol–water partition coefficient (Wildman–Crippen LogP) is 2.54. The van der Waals surface area contributed by atoms with Crippen LogP contribution in [-0.2, 0) is 11.3 Å². The Balaban J connectivity index is 1.55. The van der Waals surface area contributed by atoms with Crippen molar-refractivity contribution in [2.45, 2.75) is 19.4 Å². The molecule has 3 amide bonds. The molecule has 1 aliphatic heterocycles. The molecule has 25 heavy (non-hydrogen) atoms. The lowest BCUT2D eigenvalue weighted by molar-refractivity contribution is -0.117. The zero-order valence-corrected chi connectivity index (χ0v) is 14.0. The van der Waals surface area contributed by atoms with E-state index >= 15 is 0 Å². The van der Waals surface area contributed by atoms with Crippen LogP contribution in [0, 0.1) is 0 Å². The van der Waals surface area contributed by atoms with Gasteiger partial charge in [-0.3, -0.25) is 4.79 Å². The second-order valence-corrected chi connectivity index (χ2v) is 5.72. The average molecular weight is 340 g/mol. The lowest BCUT2D eigenvalue weighted by atomic mass is 10.2. The molecule has 0 saturated carbocycles. The zero-order valence-electron chi connectivity index (χ0n) is 14.0. The Morgan fingerprint density at radius 3 is 2.88 bits per heavy atom. The zero-order chi connectivity index (χ0) is 17.6. The molecule has 1 fully saturated rings. The number of amides is 3. The lowest BCUT2D eigenvalue weighted by Crippen LogP contribution is -2.28. The molecule has 7 nitrogen and oxygen atoms in total. The minimum atomic E-state index is -0.324. The van der Waals surface area contributed by atoms with Crippen LogP contribution in [0.25, 0.3) is 0 Å². The number of pyridine rings is 1. The minimum absolute atomic E-state index is 0.148. The maximum absolute atomic E-state index is 12.0. The first-order valence-electron chi connectivity index (χ1n) is 8.10. The summed E-state index contributed by atoms with van der Waals surface area (Å²) in [7, 11) is 1.53. The maximum atomic E-state index is 12.0. The molecule has 1 aromatic heterocycles. The van der Waals surface area contributed by atoms with Gasteiger partial charge < -0.3 is 20.3 Å². The van der Waals surface area contributed by atoms with Crippen LogP contribution < -0.4 is 20.3 Å². The Bertz CT molecular complexity index is 761. The summed E-state index contributed by atoms with van der Waals surface area (Å²) in [5, 5.41) is 5.50. The van der Waals surface area contributed by atoms with E-state index in [0.717, 1.165) is 24.2 Å². The Hall–Kier alpha value is -3.09. The summed E-state index contributed by atoms with van der Waals surface area (Å²) < 4.78 is 4.97. The number of hydrogen-bond donors (Lipinski definition) is 2. The van der Waals surface area contributed by atoms with E-state index < -0.39 is 0 Å². The summed E-state index contributed by atoms with van der Waals surface area (Å²) in [5.41, 5.74) is 2.39. The number of aromatic nitrogens is 1. The topological polar surface area (TPSA) is 83.6 Å². The number of carbonyl (C=O) groups is 2. The van der Waals surface area contributed by atoms with Crippen LogP contribution >= 0.6 is 0 Å². The largest absolute Gasteiger partial charge is 0.481 e. The Morgan fingerprint density at radius 2 is 2.20 bits per heavy atom. The van der Waals surface area contributed by atoms with E-state index in [1.165, 1.54) is 13.3 Å². The summed E-state index contributed by atoms with van der Waals surface area (Å²) in [4.78, 5) is 29.6. The molecular formula is C18H20N4O3. The summed E-state index contributed by atoms with van der Waals surface area (Å²) in [6.45, 7) is 1.12. The third kappa shape index (κ3) is 4.26. The second kappa shape index (κ2) is 7.65. The third-order valence-electron chi connectivity index (χ3n) is 3.95. The number of ether oxygens (including phenoxy) is 1. The number of anilines is 2. The second-order valence-electron chi connectivity index (χ2n) is 5.72. The van der Waals surface area contributed by atoms with Crippen molar-refractivity contribution in [3.05, 3.63) is 48.2 Å². The van der Waals surface area contributed by atoms with Crippen LogP contribution in [0.1, 0.15) is 18.4 Å². The van der Waals surface area contributed by atoms with Crippen molar-refractivity contribution in [1.82, 2.24) is 10.3 Å². The van der Waals surface area contributed by atoms with Crippen LogP contribution in [0.15, 0.2) is 42.6 Å². The van der Waals surface area contributed by atoms with E-state index in [0.29, 0.717) is 24.5 Å². The quantitative estimate of drug-likeness (QED) is 0.876. The molecule has 0 spiro atoms. The predicted molar refractivity (Wildman–Crippen MR) is 94.7 cm³/mol. The number of urea groups is 1. The molecule has 130 valence electrons. The van der Waals surface area contributed by atoms with Crippen LogP contribution in [0.5, 0.6) is 5.88 Å². The van der Waals surface area contributed by atoms with Crippen molar-refractivity contribution in [1.29, 1.82) is 0 Å². The molecule has 2 aromatic rings. The molecule has 0 bridgehead atoms. The Kier molecular flexibility index (Phi) is 5.13. The molecule has 1 aromatic carbocycles. The molecule has 0 atom stereocenters. The Morgan fingerprint density at radius 1 is 1.32 bits per heavy atom. The smallest absolute Gasteiger partial charge is 0.319 e. The van der Waals surface area contributed by atoms with E-state index in [1.807, 2.05) is 24.3 Å². The molecular weight excluding hydrogens is 320 g/mol. The highest BCUT2D eigenvalue weighted by molar-refractivity contribution is 5.95. The van der Waals surface area contributed by atoms with Crippen LogP contribution in [0.3, 0.4) is 0 Å². The first-order valence-corrected chi connectivity index (χ1v) is 8.10. The van der Waals surface area contributed by atoms with Gasteiger partial charge in [0.15, 0.2) is 0 Å². The van der Waals surface area contributed by atoms with E-state index in [2.05, 4.69) is 15.6 Å². The van der Waals surface area contributed by atoms with Crippen molar-refractivity contribution >= 4 is 23.3 Å². The van der Waals surface area contributed by atoms with Crippen LogP contribution in [-0.4, -0.2) is 30.6 Å². The minimum Gasteiger partial charge on any atom is -0.481 e. The van der Waals surface area contributed by atoms with Gasteiger partial charge in [0, 0.05) is 31.3 Å². The number of carbonyl (C=O) groups excluding carboxylic acids is 2. The van der Waals surface area contributed by atoms with Gasteiger partial charge in [0.1, 0.15) is 0 Å². The molecule has 1 aliphatic rings. The number of rotatable bonds is 5. The van der Waals surface area contributed by atoms with Gasteiger partial charge in [-0.2, -0.15) is 0 Å². The standard InChI is InChI=1S/C18H20N4O3/c1-25-16-8-7-14(12-19-16)21-18(24)20-11-13-4-2-5-15(10-13)22-9-3-6-17(22)23/h2,4-5,7-8,10,12H,3,6,9,11H2,1H3,(H2,20,21,24). The number of nitrogens with one attached hydrogen (secondary N) is 2. The highest BCUT2D eigenvalue weighted by Gasteiger charge is 2.21. The van der Waals surface area contributed by atoms with Crippen LogP contribution in [0.4, 0.5) is 16.2 Å². The van der Waals surface area contributed by atoms with Crippen molar-refractivity contribution in [3.8, 4) is 5.88 Å². The maximum Gasteiger partial charge on any atom is 0.319 e. The van der Waals surface area contributed by atoms with Crippen LogP contribution in [0.2, 0.25) is 0 Å². The number of benzene rings is 1. The van der Waals surface area contributed by atoms with Gasteiger partial charge in [-0.05, 0) is 30.2 Å². The van der Waals surface area contributed by atoms with Gasteiger partial charge in [0.2, 0.25) is 11.8 Å². The van der Waals surface area contributed by atoms with Gasteiger partial charge in [-0.15, -0.1) is 0 Å². The molecule has 2 heterocycles. The number of nitrogens with zero attached hydrogens (tertiary/aromatic N) is 2.